The van der Waals surface area contributed by atoms with E-state index >= 15 is 0 Å². The molecule has 2 heterocycles. The SMILES string of the molecule is COc1ccccc1N1CCN([C@H](c2cccs2)[C@H](C)NS(=O)(=O)c2ccc(Cl)cc2)CC1. The zero-order chi connectivity index (χ0) is 23.4. The molecule has 0 saturated carbocycles. The Morgan fingerprint density at radius 1 is 1.00 bits per heavy atom. The molecule has 9 heteroatoms. The maximum atomic E-state index is 13.0. The third-order valence-electron chi connectivity index (χ3n) is 5.91. The van der Waals surface area contributed by atoms with Crippen molar-refractivity contribution in [2.24, 2.45) is 0 Å². The van der Waals surface area contributed by atoms with Crippen LogP contribution in [0.15, 0.2) is 70.9 Å². The second-order valence-electron chi connectivity index (χ2n) is 8.02. The largest absolute Gasteiger partial charge is 0.495 e. The van der Waals surface area contributed by atoms with Crippen LogP contribution in [0.25, 0.3) is 0 Å². The van der Waals surface area contributed by atoms with Crippen molar-refractivity contribution in [1.29, 1.82) is 0 Å². The lowest BCUT2D eigenvalue weighted by atomic mass is 10.1. The maximum absolute atomic E-state index is 13.0. The number of nitrogens with one attached hydrogen (secondary N) is 1. The van der Waals surface area contributed by atoms with Crippen LogP contribution in [0.1, 0.15) is 17.8 Å². The number of thiophene rings is 1. The van der Waals surface area contributed by atoms with E-state index in [9.17, 15) is 8.42 Å². The molecule has 2 atom stereocenters. The lowest BCUT2D eigenvalue weighted by molar-refractivity contribution is 0.163. The molecule has 1 fully saturated rings. The van der Waals surface area contributed by atoms with Gasteiger partial charge in [-0.05, 0) is 54.8 Å². The third-order valence-corrected chi connectivity index (χ3v) is 8.68. The number of hydrogen-bond donors (Lipinski definition) is 1. The summed E-state index contributed by atoms with van der Waals surface area (Å²) in [4.78, 5) is 6.05. The van der Waals surface area contributed by atoms with Crippen molar-refractivity contribution in [3.8, 4) is 5.75 Å². The van der Waals surface area contributed by atoms with E-state index in [4.69, 9.17) is 16.3 Å². The van der Waals surface area contributed by atoms with Gasteiger partial charge in [0.2, 0.25) is 10.0 Å². The van der Waals surface area contributed by atoms with Crippen LogP contribution in [0, 0.1) is 0 Å². The maximum Gasteiger partial charge on any atom is 0.240 e. The quantitative estimate of drug-likeness (QED) is 0.483. The normalized spacial score (nSPS) is 17.0. The zero-order valence-electron chi connectivity index (χ0n) is 18.6. The summed E-state index contributed by atoms with van der Waals surface area (Å²) in [6, 6.07) is 18.0. The van der Waals surface area contributed by atoms with Crippen molar-refractivity contribution in [2.75, 3.05) is 38.2 Å². The highest BCUT2D eigenvalue weighted by molar-refractivity contribution is 7.89. The van der Waals surface area contributed by atoms with Gasteiger partial charge in [-0.2, -0.15) is 0 Å². The van der Waals surface area contributed by atoms with E-state index < -0.39 is 10.0 Å². The number of rotatable bonds is 8. The number of benzene rings is 2. The summed E-state index contributed by atoms with van der Waals surface area (Å²) in [5.74, 6) is 0.866. The topological polar surface area (TPSA) is 61.9 Å². The van der Waals surface area contributed by atoms with Gasteiger partial charge in [-0.3, -0.25) is 4.90 Å². The minimum atomic E-state index is -3.67. The van der Waals surface area contributed by atoms with Gasteiger partial charge in [-0.25, -0.2) is 13.1 Å². The molecule has 1 saturated heterocycles. The van der Waals surface area contributed by atoms with Crippen LogP contribution in [-0.4, -0.2) is 52.6 Å². The summed E-state index contributed by atoms with van der Waals surface area (Å²) in [6.07, 6.45) is 0. The fraction of sp³-hybridized carbons (Fsp3) is 0.333. The molecule has 1 aromatic heterocycles. The van der Waals surface area contributed by atoms with Gasteiger partial charge in [-0.15, -0.1) is 11.3 Å². The molecule has 2 aromatic carbocycles. The molecule has 4 rings (SSSR count). The Labute approximate surface area is 204 Å². The number of sulfonamides is 1. The van der Waals surface area contributed by atoms with Gasteiger partial charge in [0.1, 0.15) is 5.75 Å². The Kier molecular flexibility index (Phi) is 7.61. The second kappa shape index (κ2) is 10.4. The Balaban J connectivity index is 1.51. The molecule has 6 nitrogen and oxygen atoms in total. The minimum absolute atomic E-state index is 0.0631. The van der Waals surface area contributed by atoms with Crippen LogP contribution in [0.4, 0.5) is 5.69 Å². The first-order valence-corrected chi connectivity index (χ1v) is 13.6. The molecular weight excluding hydrogens is 478 g/mol. The highest BCUT2D eigenvalue weighted by Gasteiger charge is 2.33. The van der Waals surface area contributed by atoms with E-state index in [1.54, 1.807) is 30.6 Å². The van der Waals surface area contributed by atoms with Crippen LogP contribution < -0.4 is 14.4 Å². The first-order chi connectivity index (χ1) is 15.9. The molecule has 0 amide bonds. The molecule has 0 bridgehead atoms. The van der Waals surface area contributed by atoms with Gasteiger partial charge in [0.15, 0.2) is 0 Å². The summed E-state index contributed by atoms with van der Waals surface area (Å²) < 4.78 is 34.5. The van der Waals surface area contributed by atoms with Crippen LogP contribution in [0.3, 0.4) is 0 Å². The first-order valence-electron chi connectivity index (χ1n) is 10.8. The van der Waals surface area contributed by atoms with Crippen LogP contribution in [0.5, 0.6) is 5.75 Å². The number of piperazine rings is 1. The Bertz CT molecular complexity index is 1150. The van der Waals surface area contributed by atoms with E-state index in [1.165, 1.54) is 12.1 Å². The summed E-state index contributed by atoms with van der Waals surface area (Å²) >= 11 is 7.58. The molecule has 1 aliphatic heterocycles. The van der Waals surface area contributed by atoms with Gasteiger partial charge in [0, 0.05) is 42.1 Å². The van der Waals surface area contributed by atoms with E-state index in [0.29, 0.717) is 5.02 Å². The molecule has 0 radical (unpaired) electrons. The van der Waals surface area contributed by atoms with Crippen molar-refractivity contribution < 1.29 is 13.2 Å². The van der Waals surface area contributed by atoms with Crippen molar-refractivity contribution in [2.45, 2.75) is 23.9 Å². The number of nitrogens with zero attached hydrogens (tertiary/aromatic N) is 2. The molecule has 0 spiro atoms. The average molecular weight is 506 g/mol. The molecular formula is C24H28ClN3O3S2. The van der Waals surface area contributed by atoms with Crippen LogP contribution in [0.2, 0.25) is 5.02 Å². The fourth-order valence-corrected chi connectivity index (χ4v) is 6.66. The van der Waals surface area contributed by atoms with Crippen molar-refractivity contribution >= 4 is 38.6 Å². The highest BCUT2D eigenvalue weighted by atomic mass is 35.5. The average Bonchev–Trinajstić information content (AvgIpc) is 3.34. The van der Waals surface area contributed by atoms with Crippen molar-refractivity contribution in [1.82, 2.24) is 9.62 Å². The third kappa shape index (κ3) is 5.53. The summed E-state index contributed by atoms with van der Waals surface area (Å²) in [5.41, 5.74) is 1.09. The number of para-hydroxylation sites is 2. The molecule has 1 N–H and O–H groups in total. The smallest absolute Gasteiger partial charge is 0.240 e. The predicted molar refractivity (Wildman–Crippen MR) is 135 cm³/mol. The lowest BCUT2D eigenvalue weighted by Gasteiger charge is -2.42. The van der Waals surface area contributed by atoms with Gasteiger partial charge in [0.05, 0.1) is 23.7 Å². The number of ether oxygens (including phenoxy) is 1. The Morgan fingerprint density at radius 2 is 1.70 bits per heavy atom. The van der Waals surface area contributed by atoms with Crippen LogP contribution in [-0.2, 0) is 10.0 Å². The van der Waals surface area contributed by atoms with Crippen molar-refractivity contribution in [3.63, 3.8) is 0 Å². The Morgan fingerprint density at radius 3 is 2.33 bits per heavy atom. The second-order valence-corrected chi connectivity index (χ2v) is 11.1. The number of hydrogen-bond acceptors (Lipinski definition) is 6. The van der Waals surface area contributed by atoms with Crippen molar-refractivity contribution in [3.05, 3.63) is 75.9 Å². The van der Waals surface area contributed by atoms with Gasteiger partial charge < -0.3 is 9.64 Å². The fourth-order valence-electron chi connectivity index (χ4n) is 4.33. The first kappa shape index (κ1) is 24.0. The standard InChI is InChI=1S/C24H28ClN3O3S2/c1-18(26-33(29,30)20-11-9-19(25)10-12-20)24(23-8-5-17-32-23)28-15-13-27(14-16-28)21-6-3-4-7-22(21)31-2/h3-12,17-18,24,26H,13-16H2,1-2H3/t18-,24-/m0/s1. The molecule has 33 heavy (non-hydrogen) atoms. The van der Waals surface area contributed by atoms with E-state index in [-0.39, 0.29) is 17.0 Å². The molecule has 3 aromatic rings. The molecule has 1 aliphatic rings. The van der Waals surface area contributed by atoms with E-state index in [0.717, 1.165) is 42.5 Å². The minimum Gasteiger partial charge on any atom is -0.495 e. The molecule has 0 aliphatic carbocycles. The molecule has 176 valence electrons. The summed E-state index contributed by atoms with van der Waals surface area (Å²) in [7, 11) is -1.98. The molecule has 0 unspecified atom stereocenters. The Hall–Kier alpha value is -2.10. The number of methoxy groups -OCH3 is 1. The zero-order valence-corrected chi connectivity index (χ0v) is 21.0. The summed E-state index contributed by atoms with van der Waals surface area (Å²) in [5, 5.41) is 2.54. The highest BCUT2D eigenvalue weighted by Crippen LogP contribution is 2.33. The van der Waals surface area contributed by atoms with Gasteiger partial charge in [0.25, 0.3) is 0 Å². The van der Waals surface area contributed by atoms with E-state index in [2.05, 4.69) is 26.7 Å². The van der Waals surface area contributed by atoms with Gasteiger partial charge in [-0.1, -0.05) is 29.8 Å². The summed E-state index contributed by atoms with van der Waals surface area (Å²) in [6.45, 7) is 5.23. The lowest BCUT2D eigenvalue weighted by Crippen LogP contribution is -2.52. The van der Waals surface area contributed by atoms with Crippen LogP contribution >= 0.6 is 22.9 Å². The predicted octanol–water partition coefficient (Wildman–Crippen LogP) is 4.64. The monoisotopic (exact) mass is 505 g/mol. The van der Waals surface area contributed by atoms with Gasteiger partial charge >= 0.3 is 0 Å². The number of halogens is 1. The number of anilines is 1. The van der Waals surface area contributed by atoms with E-state index in [1.807, 2.05) is 36.6 Å².